The maximum Gasteiger partial charge on any atom is 0.251 e. The Morgan fingerprint density at radius 2 is 2.00 bits per heavy atom. The molecule has 0 saturated carbocycles. The lowest BCUT2D eigenvalue weighted by atomic mass is 10.2. The quantitative estimate of drug-likeness (QED) is 0.691. The van der Waals surface area contributed by atoms with Crippen molar-refractivity contribution in [2.75, 3.05) is 18.4 Å². The molecule has 0 bridgehead atoms. The third-order valence-electron chi connectivity index (χ3n) is 3.27. The Balaban J connectivity index is 1.56. The van der Waals surface area contributed by atoms with Crippen molar-refractivity contribution in [3.63, 3.8) is 0 Å². The number of carbonyl (C=O) groups excluding carboxylic acids is 1. The highest BCUT2D eigenvalue weighted by molar-refractivity contribution is 5.94. The van der Waals surface area contributed by atoms with Crippen LogP contribution in [0.3, 0.4) is 0 Å². The summed E-state index contributed by atoms with van der Waals surface area (Å²) < 4.78 is 1.69. The van der Waals surface area contributed by atoms with Crippen molar-refractivity contribution in [2.24, 2.45) is 7.05 Å². The molecule has 0 aliphatic carbocycles. The van der Waals surface area contributed by atoms with Crippen molar-refractivity contribution in [2.45, 2.75) is 0 Å². The van der Waals surface area contributed by atoms with Gasteiger partial charge in [-0.25, -0.2) is 9.97 Å². The van der Waals surface area contributed by atoms with Crippen LogP contribution >= 0.6 is 0 Å². The van der Waals surface area contributed by atoms with Crippen molar-refractivity contribution < 1.29 is 4.79 Å². The second-order valence-electron chi connectivity index (χ2n) is 4.78. The maximum atomic E-state index is 11.9. The molecule has 0 atom stereocenters. The van der Waals surface area contributed by atoms with E-state index in [0.29, 0.717) is 24.5 Å². The number of hydrogen-bond donors (Lipinski definition) is 2. The van der Waals surface area contributed by atoms with Gasteiger partial charge in [0.05, 0.1) is 11.6 Å². The molecule has 0 fully saturated rings. The van der Waals surface area contributed by atoms with Crippen LogP contribution in [0, 0.1) is 0 Å². The molecule has 112 valence electrons. The minimum absolute atomic E-state index is 0.0865. The second-order valence-corrected chi connectivity index (χ2v) is 4.78. The van der Waals surface area contributed by atoms with Crippen LogP contribution in [0.15, 0.2) is 42.9 Å². The van der Waals surface area contributed by atoms with E-state index in [1.165, 1.54) is 6.33 Å². The third-order valence-corrected chi connectivity index (χ3v) is 3.27. The number of amides is 1. The molecule has 1 amide bonds. The van der Waals surface area contributed by atoms with E-state index in [2.05, 4.69) is 25.7 Å². The number of rotatable bonds is 5. The van der Waals surface area contributed by atoms with Gasteiger partial charge in [0, 0.05) is 25.7 Å². The van der Waals surface area contributed by atoms with Crippen molar-refractivity contribution >= 4 is 22.8 Å². The predicted molar refractivity (Wildman–Crippen MR) is 83.6 cm³/mol. The largest absolute Gasteiger partial charge is 0.368 e. The fraction of sp³-hybridized carbons (Fsp3) is 0.200. The van der Waals surface area contributed by atoms with Gasteiger partial charge in [0.15, 0.2) is 5.65 Å². The summed E-state index contributed by atoms with van der Waals surface area (Å²) >= 11 is 0. The zero-order valence-electron chi connectivity index (χ0n) is 12.2. The molecule has 3 aromatic rings. The van der Waals surface area contributed by atoms with Crippen LogP contribution in [-0.2, 0) is 7.05 Å². The van der Waals surface area contributed by atoms with Gasteiger partial charge in [-0.2, -0.15) is 5.10 Å². The first-order valence-corrected chi connectivity index (χ1v) is 6.95. The Hall–Kier alpha value is -2.96. The number of benzene rings is 1. The van der Waals surface area contributed by atoms with E-state index in [1.54, 1.807) is 23.0 Å². The monoisotopic (exact) mass is 296 g/mol. The summed E-state index contributed by atoms with van der Waals surface area (Å²) in [4.78, 5) is 20.3. The molecular weight excluding hydrogens is 280 g/mol. The lowest BCUT2D eigenvalue weighted by molar-refractivity contribution is 0.0955. The molecule has 22 heavy (non-hydrogen) atoms. The standard InChI is InChI=1S/C15H16N6O/c1-21-14-12(9-20-21)13(18-10-19-14)16-7-8-17-15(22)11-5-3-2-4-6-11/h2-6,9-10H,7-8H2,1H3,(H,17,22)(H,16,18,19). The van der Waals surface area contributed by atoms with Gasteiger partial charge < -0.3 is 10.6 Å². The summed E-state index contributed by atoms with van der Waals surface area (Å²) in [7, 11) is 1.83. The molecule has 7 heteroatoms. The van der Waals surface area contributed by atoms with Crippen LogP contribution in [0.5, 0.6) is 0 Å². The molecule has 7 nitrogen and oxygen atoms in total. The number of hydrogen-bond acceptors (Lipinski definition) is 5. The third kappa shape index (κ3) is 2.88. The lowest BCUT2D eigenvalue weighted by Gasteiger charge is -2.08. The first-order chi connectivity index (χ1) is 10.8. The molecule has 2 N–H and O–H groups in total. The molecule has 0 aliphatic heterocycles. The average molecular weight is 296 g/mol. The topological polar surface area (TPSA) is 84.7 Å². The van der Waals surface area contributed by atoms with E-state index in [4.69, 9.17) is 0 Å². The summed E-state index contributed by atoms with van der Waals surface area (Å²) in [5.41, 5.74) is 1.42. The Labute approximate surface area is 127 Å². The van der Waals surface area contributed by atoms with Crippen LogP contribution in [0.2, 0.25) is 0 Å². The van der Waals surface area contributed by atoms with E-state index < -0.39 is 0 Å². The molecule has 0 saturated heterocycles. The first kappa shape index (κ1) is 14.0. The Kier molecular flexibility index (Phi) is 3.95. The van der Waals surface area contributed by atoms with E-state index >= 15 is 0 Å². The van der Waals surface area contributed by atoms with E-state index in [1.807, 2.05) is 25.2 Å². The maximum absolute atomic E-state index is 11.9. The number of aryl methyl sites for hydroxylation is 1. The van der Waals surface area contributed by atoms with E-state index in [9.17, 15) is 4.79 Å². The second kappa shape index (κ2) is 6.21. The van der Waals surface area contributed by atoms with E-state index in [0.717, 1.165) is 11.0 Å². The highest BCUT2D eigenvalue weighted by Gasteiger charge is 2.07. The molecule has 2 aromatic heterocycles. The van der Waals surface area contributed by atoms with Crippen molar-refractivity contribution in [3.8, 4) is 0 Å². The summed E-state index contributed by atoms with van der Waals surface area (Å²) in [6, 6.07) is 9.13. The number of nitrogens with zero attached hydrogens (tertiary/aromatic N) is 4. The summed E-state index contributed by atoms with van der Waals surface area (Å²) in [6.45, 7) is 1.07. The molecule has 0 radical (unpaired) electrons. The minimum Gasteiger partial charge on any atom is -0.368 e. The molecule has 1 aromatic carbocycles. The van der Waals surface area contributed by atoms with Crippen molar-refractivity contribution in [1.29, 1.82) is 0 Å². The summed E-state index contributed by atoms with van der Waals surface area (Å²) in [5, 5.41) is 11.1. The molecule has 2 heterocycles. The van der Waals surface area contributed by atoms with Gasteiger partial charge in [-0.15, -0.1) is 0 Å². The Morgan fingerprint density at radius 3 is 2.82 bits per heavy atom. The average Bonchev–Trinajstić information content (AvgIpc) is 2.94. The fourth-order valence-electron chi connectivity index (χ4n) is 2.15. The van der Waals surface area contributed by atoms with Gasteiger partial charge in [-0.3, -0.25) is 9.48 Å². The summed E-state index contributed by atoms with van der Waals surface area (Å²) in [6.07, 6.45) is 3.22. The van der Waals surface area contributed by atoms with Gasteiger partial charge in [0.1, 0.15) is 12.1 Å². The van der Waals surface area contributed by atoms with Gasteiger partial charge >= 0.3 is 0 Å². The highest BCUT2D eigenvalue weighted by Crippen LogP contribution is 2.16. The Morgan fingerprint density at radius 1 is 1.18 bits per heavy atom. The molecular formula is C15H16N6O. The molecule has 0 spiro atoms. The highest BCUT2D eigenvalue weighted by atomic mass is 16.1. The number of nitrogens with one attached hydrogen (secondary N) is 2. The number of aromatic nitrogens is 4. The fourth-order valence-corrected chi connectivity index (χ4v) is 2.15. The number of fused-ring (bicyclic) bond motifs is 1. The Bertz CT molecular complexity index is 783. The van der Waals surface area contributed by atoms with Gasteiger partial charge in [0.2, 0.25) is 0 Å². The van der Waals surface area contributed by atoms with Gasteiger partial charge in [-0.05, 0) is 12.1 Å². The minimum atomic E-state index is -0.0865. The zero-order chi connectivity index (χ0) is 15.4. The number of anilines is 1. The van der Waals surface area contributed by atoms with Gasteiger partial charge in [-0.1, -0.05) is 18.2 Å². The van der Waals surface area contributed by atoms with Crippen LogP contribution in [-0.4, -0.2) is 38.7 Å². The molecule has 0 aliphatic rings. The molecule has 0 unspecified atom stereocenters. The molecule has 3 rings (SSSR count). The number of carbonyl (C=O) groups is 1. The van der Waals surface area contributed by atoms with Crippen LogP contribution < -0.4 is 10.6 Å². The SMILES string of the molecule is Cn1ncc2c(NCCNC(=O)c3ccccc3)ncnc21. The summed E-state index contributed by atoms with van der Waals surface area (Å²) in [5.74, 6) is 0.628. The van der Waals surface area contributed by atoms with E-state index in [-0.39, 0.29) is 5.91 Å². The first-order valence-electron chi connectivity index (χ1n) is 6.95. The van der Waals surface area contributed by atoms with Crippen LogP contribution in [0.1, 0.15) is 10.4 Å². The normalized spacial score (nSPS) is 10.6. The van der Waals surface area contributed by atoms with Crippen LogP contribution in [0.4, 0.5) is 5.82 Å². The van der Waals surface area contributed by atoms with Gasteiger partial charge in [0.25, 0.3) is 5.91 Å². The predicted octanol–water partition coefficient (Wildman–Crippen LogP) is 1.21. The zero-order valence-corrected chi connectivity index (χ0v) is 12.2. The smallest absolute Gasteiger partial charge is 0.251 e. The van der Waals surface area contributed by atoms with Crippen LogP contribution in [0.25, 0.3) is 11.0 Å². The van der Waals surface area contributed by atoms with Crippen molar-refractivity contribution in [1.82, 2.24) is 25.1 Å². The lowest BCUT2D eigenvalue weighted by Crippen LogP contribution is -2.28. The van der Waals surface area contributed by atoms with Crippen molar-refractivity contribution in [3.05, 3.63) is 48.4 Å².